The molecule has 1 aromatic carbocycles. The molecule has 2 fully saturated rings. The fourth-order valence-electron chi connectivity index (χ4n) is 3.21. The van der Waals surface area contributed by atoms with Crippen LogP contribution in [0.3, 0.4) is 0 Å². The van der Waals surface area contributed by atoms with Crippen LogP contribution < -0.4 is 5.32 Å². The van der Waals surface area contributed by atoms with Gasteiger partial charge in [-0.1, -0.05) is 30.3 Å². The fraction of sp³-hybridized carbons (Fsp3) is 0.500. The third-order valence-corrected chi connectivity index (χ3v) is 5.04. The number of hydrogen-bond donors (Lipinski definition) is 3. The predicted octanol–water partition coefficient (Wildman–Crippen LogP) is 0.0707. The number of carboxylic acids is 1. The first-order valence-electron chi connectivity index (χ1n) is 8.74. The molecule has 2 saturated heterocycles. The quantitative estimate of drug-likeness (QED) is 0.611. The Bertz CT molecular complexity index is 700. The number of amides is 2. The topological polar surface area (TPSA) is 105 Å². The number of carbonyl (C=O) groups is 3. The van der Waals surface area contributed by atoms with Crippen LogP contribution in [0.1, 0.15) is 12.0 Å². The summed E-state index contributed by atoms with van der Waals surface area (Å²) in [6.45, 7) is 0.216. The van der Waals surface area contributed by atoms with E-state index in [1.807, 2.05) is 30.3 Å². The minimum atomic E-state index is -1.17. The lowest BCUT2D eigenvalue weighted by Crippen LogP contribution is -2.61. The Labute approximate surface area is 162 Å². The maximum Gasteiger partial charge on any atom is 0.328 e. The normalized spacial score (nSPS) is 26.6. The minimum Gasteiger partial charge on any atom is -0.480 e. The molecule has 4 atom stereocenters. The smallest absolute Gasteiger partial charge is 0.328 e. The SMILES string of the molecule is O=C(NC1CCOC2COCC(C(=O)O)N2C1=O)C(S)Cc1ccccc1. The van der Waals surface area contributed by atoms with Gasteiger partial charge in [-0.3, -0.25) is 14.5 Å². The molecule has 1 aromatic rings. The highest BCUT2D eigenvalue weighted by Gasteiger charge is 2.44. The Balaban J connectivity index is 1.67. The van der Waals surface area contributed by atoms with Crippen LogP contribution in [0.5, 0.6) is 0 Å². The number of hydrogen-bond acceptors (Lipinski definition) is 6. The molecule has 8 nitrogen and oxygen atoms in total. The van der Waals surface area contributed by atoms with E-state index in [0.29, 0.717) is 6.42 Å². The Kier molecular flexibility index (Phi) is 6.35. The van der Waals surface area contributed by atoms with E-state index in [1.165, 1.54) is 4.90 Å². The molecule has 0 saturated carbocycles. The van der Waals surface area contributed by atoms with Crippen LogP contribution in [-0.4, -0.2) is 71.2 Å². The third kappa shape index (κ3) is 4.60. The average molecular weight is 394 g/mol. The van der Waals surface area contributed by atoms with E-state index in [1.54, 1.807) is 0 Å². The summed E-state index contributed by atoms with van der Waals surface area (Å²) < 4.78 is 10.8. The number of carboxylic acid groups (broad SMARTS) is 1. The van der Waals surface area contributed by atoms with Gasteiger partial charge in [-0.05, 0) is 12.0 Å². The van der Waals surface area contributed by atoms with E-state index in [2.05, 4.69) is 17.9 Å². The van der Waals surface area contributed by atoms with Gasteiger partial charge in [0.25, 0.3) is 0 Å². The van der Waals surface area contributed by atoms with E-state index >= 15 is 0 Å². The number of fused-ring (bicyclic) bond motifs is 1. The van der Waals surface area contributed by atoms with Crippen LogP contribution >= 0.6 is 12.6 Å². The maximum absolute atomic E-state index is 12.9. The molecule has 27 heavy (non-hydrogen) atoms. The Hall–Kier alpha value is -2.10. The third-order valence-electron chi connectivity index (χ3n) is 4.63. The zero-order valence-electron chi connectivity index (χ0n) is 14.6. The van der Waals surface area contributed by atoms with E-state index in [9.17, 15) is 19.5 Å². The van der Waals surface area contributed by atoms with Gasteiger partial charge >= 0.3 is 5.97 Å². The second kappa shape index (κ2) is 8.73. The lowest BCUT2D eigenvalue weighted by Gasteiger charge is -2.39. The largest absolute Gasteiger partial charge is 0.480 e. The van der Waals surface area contributed by atoms with Crippen molar-refractivity contribution in [1.29, 1.82) is 0 Å². The molecule has 9 heteroatoms. The first-order chi connectivity index (χ1) is 13.0. The summed E-state index contributed by atoms with van der Waals surface area (Å²) in [6, 6.07) is 7.46. The van der Waals surface area contributed by atoms with Gasteiger partial charge in [-0.15, -0.1) is 0 Å². The van der Waals surface area contributed by atoms with Crippen LogP contribution in [0.25, 0.3) is 0 Å². The van der Waals surface area contributed by atoms with Crippen LogP contribution in [0.15, 0.2) is 30.3 Å². The summed E-state index contributed by atoms with van der Waals surface area (Å²) in [5, 5.41) is 11.5. The molecule has 2 heterocycles. The van der Waals surface area contributed by atoms with Gasteiger partial charge in [0, 0.05) is 6.42 Å². The van der Waals surface area contributed by atoms with Gasteiger partial charge in [-0.25, -0.2) is 4.79 Å². The van der Waals surface area contributed by atoms with Gasteiger partial charge < -0.3 is 19.9 Å². The Morgan fingerprint density at radius 2 is 2.04 bits per heavy atom. The van der Waals surface area contributed by atoms with Crippen LogP contribution in [0, 0.1) is 0 Å². The molecule has 0 radical (unpaired) electrons. The number of benzene rings is 1. The number of nitrogens with one attached hydrogen (secondary N) is 1. The van der Waals surface area contributed by atoms with E-state index < -0.39 is 35.4 Å². The molecule has 2 aliphatic rings. The van der Waals surface area contributed by atoms with E-state index in [0.717, 1.165) is 5.56 Å². The monoisotopic (exact) mass is 394 g/mol. The highest BCUT2D eigenvalue weighted by atomic mass is 32.1. The second-order valence-electron chi connectivity index (χ2n) is 6.52. The second-order valence-corrected chi connectivity index (χ2v) is 7.14. The first kappa shape index (κ1) is 19.7. The van der Waals surface area contributed by atoms with Crippen LogP contribution in [0.4, 0.5) is 0 Å². The van der Waals surface area contributed by atoms with Crippen molar-refractivity contribution < 1.29 is 29.0 Å². The Morgan fingerprint density at radius 3 is 2.74 bits per heavy atom. The van der Waals surface area contributed by atoms with Crippen molar-refractivity contribution >= 4 is 30.4 Å². The van der Waals surface area contributed by atoms with Crippen molar-refractivity contribution in [2.24, 2.45) is 0 Å². The molecule has 2 amide bonds. The summed E-state index contributed by atoms with van der Waals surface area (Å²) in [4.78, 5) is 38.1. The number of nitrogens with zero attached hydrogens (tertiary/aromatic N) is 1. The summed E-state index contributed by atoms with van der Waals surface area (Å²) in [7, 11) is 0. The molecule has 0 aromatic heterocycles. The van der Waals surface area contributed by atoms with Crippen molar-refractivity contribution in [1.82, 2.24) is 10.2 Å². The lowest BCUT2D eigenvalue weighted by atomic mass is 10.1. The summed E-state index contributed by atoms with van der Waals surface area (Å²) in [6.07, 6.45) is -0.0775. The number of ether oxygens (including phenoxy) is 2. The summed E-state index contributed by atoms with van der Waals surface area (Å²) in [5.74, 6) is -2.01. The van der Waals surface area contributed by atoms with Gasteiger partial charge in [0.2, 0.25) is 11.8 Å². The molecule has 0 spiro atoms. The van der Waals surface area contributed by atoms with Crippen molar-refractivity contribution in [3.63, 3.8) is 0 Å². The number of carbonyl (C=O) groups excluding carboxylic acids is 2. The van der Waals surface area contributed by atoms with Crippen molar-refractivity contribution in [2.45, 2.75) is 36.4 Å². The van der Waals surface area contributed by atoms with Crippen molar-refractivity contribution in [3.8, 4) is 0 Å². The number of aliphatic carboxylic acids is 1. The molecular formula is C18H22N2O6S. The number of thiol groups is 1. The summed E-state index contributed by atoms with van der Waals surface area (Å²) >= 11 is 4.35. The van der Waals surface area contributed by atoms with Crippen molar-refractivity contribution in [2.75, 3.05) is 19.8 Å². The van der Waals surface area contributed by atoms with E-state index in [-0.39, 0.29) is 32.1 Å². The number of morpholine rings is 1. The standard InChI is InChI=1S/C18H22N2O6S/c21-16(14(27)8-11-4-2-1-3-5-11)19-12-6-7-26-15-10-25-9-13(18(23)24)20(15)17(12)22/h1-5,12-15,27H,6-10H2,(H,19,21)(H,23,24). The summed E-state index contributed by atoms with van der Waals surface area (Å²) in [5.41, 5.74) is 0.961. The molecule has 2 aliphatic heterocycles. The first-order valence-corrected chi connectivity index (χ1v) is 9.25. The molecule has 146 valence electrons. The zero-order valence-corrected chi connectivity index (χ0v) is 15.5. The van der Waals surface area contributed by atoms with E-state index in [4.69, 9.17) is 9.47 Å². The highest BCUT2D eigenvalue weighted by molar-refractivity contribution is 7.81. The molecule has 0 bridgehead atoms. The van der Waals surface area contributed by atoms with Crippen LogP contribution in [0.2, 0.25) is 0 Å². The van der Waals surface area contributed by atoms with Gasteiger partial charge in [0.05, 0.1) is 25.1 Å². The predicted molar refractivity (Wildman–Crippen MR) is 98.3 cm³/mol. The minimum absolute atomic E-state index is 0.106. The van der Waals surface area contributed by atoms with Gasteiger partial charge in [0.15, 0.2) is 12.3 Å². The molecule has 0 aliphatic carbocycles. The van der Waals surface area contributed by atoms with Crippen LogP contribution in [-0.2, 0) is 30.3 Å². The molecule has 3 rings (SSSR count). The lowest BCUT2D eigenvalue weighted by molar-refractivity contribution is -0.187. The highest BCUT2D eigenvalue weighted by Crippen LogP contribution is 2.21. The molecule has 4 unspecified atom stereocenters. The average Bonchev–Trinajstić information content (AvgIpc) is 2.81. The van der Waals surface area contributed by atoms with Gasteiger partial charge in [-0.2, -0.15) is 12.6 Å². The Morgan fingerprint density at radius 1 is 1.30 bits per heavy atom. The number of rotatable bonds is 5. The zero-order chi connectivity index (χ0) is 19.4. The maximum atomic E-state index is 12.9. The van der Waals surface area contributed by atoms with Gasteiger partial charge in [0.1, 0.15) is 6.04 Å². The van der Waals surface area contributed by atoms with Crippen molar-refractivity contribution in [3.05, 3.63) is 35.9 Å². The fourth-order valence-corrected chi connectivity index (χ4v) is 3.50. The molecular weight excluding hydrogens is 372 g/mol. The molecule has 2 N–H and O–H groups in total.